The molecule has 0 atom stereocenters. The summed E-state index contributed by atoms with van der Waals surface area (Å²) in [5, 5.41) is 13.5. The molecule has 0 heterocycles. The number of non-ortho nitro benzene ring substituents is 1. The second-order valence-electron chi connectivity index (χ2n) is 4.97. The molecule has 0 aliphatic heterocycles. The highest BCUT2D eigenvalue weighted by Crippen LogP contribution is 2.15. The van der Waals surface area contributed by atoms with Gasteiger partial charge in [0.05, 0.1) is 4.92 Å². The summed E-state index contributed by atoms with van der Waals surface area (Å²) < 4.78 is 0. The third kappa shape index (κ3) is 4.02. The van der Waals surface area contributed by atoms with Crippen LogP contribution < -0.4 is 5.32 Å². The molecule has 0 saturated carbocycles. The smallest absolute Gasteiger partial charge is 0.270 e. The molecule has 0 fully saturated rings. The van der Waals surface area contributed by atoms with Crippen LogP contribution in [-0.4, -0.2) is 10.8 Å². The van der Waals surface area contributed by atoms with Gasteiger partial charge in [-0.15, -0.1) is 0 Å². The average molecular weight is 296 g/mol. The standard InChI is InChI=1S/C17H16N2O3/c1-12-6-8-15(10-13(12)2)18-17(20)9-7-14-4-3-5-16(11-14)19(21)22/h3-11H,1-2H3,(H,18,20)/b9-7+. The van der Waals surface area contributed by atoms with Gasteiger partial charge in [0.1, 0.15) is 0 Å². The van der Waals surface area contributed by atoms with E-state index >= 15 is 0 Å². The molecular weight excluding hydrogens is 280 g/mol. The highest BCUT2D eigenvalue weighted by molar-refractivity contribution is 6.02. The minimum absolute atomic E-state index is 0.00304. The molecule has 0 aromatic heterocycles. The van der Waals surface area contributed by atoms with Crippen molar-refractivity contribution in [3.05, 3.63) is 75.3 Å². The predicted octanol–water partition coefficient (Wildman–Crippen LogP) is 3.86. The number of hydrogen-bond acceptors (Lipinski definition) is 3. The number of aryl methyl sites for hydroxylation is 2. The van der Waals surface area contributed by atoms with E-state index in [-0.39, 0.29) is 11.6 Å². The van der Waals surface area contributed by atoms with Gasteiger partial charge < -0.3 is 5.32 Å². The number of nitro groups is 1. The maximum Gasteiger partial charge on any atom is 0.270 e. The molecule has 1 amide bonds. The van der Waals surface area contributed by atoms with Crippen molar-refractivity contribution in [2.24, 2.45) is 0 Å². The van der Waals surface area contributed by atoms with Crippen molar-refractivity contribution < 1.29 is 9.72 Å². The Labute approximate surface area is 128 Å². The van der Waals surface area contributed by atoms with Crippen LogP contribution >= 0.6 is 0 Å². The van der Waals surface area contributed by atoms with E-state index < -0.39 is 4.92 Å². The molecule has 5 nitrogen and oxygen atoms in total. The molecule has 2 rings (SSSR count). The second kappa shape index (κ2) is 6.67. The van der Waals surface area contributed by atoms with E-state index in [1.54, 1.807) is 18.2 Å². The van der Waals surface area contributed by atoms with Crippen LogP contribution in [0.1, 0.15) is 16.7 Å². The Balaban J connectivity index is 2.06. The van der Waals surface area contributed by atoms with Crippen molar-refractivity contribution in [3.8, 4) is 0 Å². The maximum atomic E-state index is 11.9. The minimum Gasteiger partial charge on any atom is -0.323 e. The first-order chi connectivity index (χ1) is 10.5. The summed E-state index contributed by atoms with van der Waals surface area (Å²) in [5.74, 6) is -0.283. The summed E-state index contributed by atoms with van der Waals surface area (Å²) in [7, 11) is 0. The van der Waals surface area contributed by atoms with Crippen molar-refractivity contribution >= 4 is 23.4 Å². The normalized spacial score (nSPS) is 10.6. The number of anilines is 1. The van der Waals surface area contributed by atoms with Crippen molar-refractivity contribution in [1.29, 1.82) is 0 Å². The maximum absolute atomic E-state index is 11.9. The number of nitrogens with one attached hydrogen (secondary N) is 1. The van der Waals surface area contributed by atoms with Crippen LogP contribution in [0.25, 0.3) is 6.08 Å². The van der Waals surface area contributed by atoms with Crippen molar-refractivity contribution in [2.75, 3.05) is 5.32 Å². The summed E-state index contributed by atoms with van der Waals surface area (Å²) in [4.78, 5) is 22.1. The Morgan fingerprint density at radius 3 is 2.59 bits per heavy atom. The van der Waals surface area contributed by atoms with Crippen LogP contribution in [0.5, 0.6) is 0 Å². The van der Waals surface area contributed by atoms with Crippen molar-refractivity contribution in [2.45, 2.75) is 13.8 Å². The Kier molecular flexibility index (Phi) is 4.68. The lowest BCUT2D eigenvalue weighted by atomic mass is 10.1. The van der Waals surface area contributed by atoms with Gasteiger partial charge in [-0.3, -0.25) is 14.9 Å². The van der Waals surface area contributed by atoms with Crippen LogP contribution in [0.2, 0.25) is 0 Å². The fraction of sp³-hybridized carbons (Fsp3) is 0.118. The van der Waals surface area contributed by atoms with Crippen molar-refractivity contribution in [3.63, 3.8) is 0 Å². The SMILES string of the molecule is Cc1ccc(NC(=O)/C=C/c2cccc([N+](=O)[O-])c2)cc1C. The van der Waals surface area contributed by atoms with Gasteiger partial charge in [0, 0.05) is 23.9 Å². The Morgan fingerprint density at radius 1 is 1.14 bits per heavy atom. The molecule has 0 saturated heterocycles. The van der Waals surface area contributed by atoms with E-state index in [0.29, 0.717) is 5.56 Å². The number of hydrogen-bond donors (Lipinski definition) is 1. The lowest BCUT2D eigenvalue weighted by Crippen LogP contribution is -2.07. The van der Waals surface area contributed by atoms with E-state index in [2.05, 4.69) is 5.32 Å². The van der Waals surface area contributed by atoms with Gasteiger partial charge in [-0.05, 0) is 48.7 Å². The lowest BCUT2D eigenvalue weighted by molar-refractivity contribution is -0.384. The number of rotatable bonds is 4. The fourth-order valence-electron chi connectivity index (χ4n) is 1.92. The minimum atomic E-state index is -0.466. The van der Waals surface area contributed by atoms with Gasteiger partial charge in [0.2, 0.25) is 5.91 Å². The molecule has 22 heavy (non-hydrogen) atoms. The molecule has 0 aliphatic carbocycles. The Hall–Kier alpha value is -2.95. The summed E-state index contributed by atoms with van der Waals surface area (Å²) in [5.41, 5.74) is 3.57. The average Bonchev–Trinajstić information content (AvgIpc) is 2.49. The first-order valence-corrected chi connectivity index (χ1v) is 6.76. The van der Waals surface area contributed by atoms with E-state index in [1.807, 2.05) is 32.0 Å². The highest BCUT2D eigenvalue weighted by atomic mass is 16.6. The number of carbonyl (C=O) groups excluding carboxylic acids is 1. The molecule has 0 spiro atoms. The highest BCUT2D eigenvalue weighted by Gasteiger charge is 2.04. The van der Waals surface area contributed by atoms with Gasteiger partial charge in [-0.1, -0.05) is 18.2 Å². The number of carbonyl (C=O) groups is 1. The lowest BCUT2D eigenvalue weighted by Gasteiger charge is -2.05. The molecule has 0 radical (unpaired) electrons. The van der Waals surface area contributed by atoms with E-state index in [9.17, 15) is 14.9 Å². The molecule has 0 bridgehead atoms. The molecule has 2 aromatic carbocycles. The number of amides is 1. The van der Waals surface area contributed by atoms with Gasteiger partial charge in [0.25, 0.3) is 5.69 Å². The molecular formula is C17H16N2O3. The summed E-state index contributed by atoms with van der Waals surface area (Å²) in [6.07, 6.45) is 2.90. The van der Waals surface area contributed by atoms with Gasteiger partial charge in [-0.25, -0.2) is 0 Å². The first-order valence-electron chi connectivity index (χ1n) is 6.76. The van der Waals surface area contributed by atoms with E-state index in [0.717, 1.165) is 16.8 Å². The molecule has 112 valence electrons. The number of nitrogens with zero attached hydrogens (tertiary/aromatic N) is 1. The summed E-state index contributed by atoms with van der Waals surface area (Å²) in [6, 6.07) is 11.8. The van der Waals surface area contributed by atoms with E-state index in [1.165, 1.54) is 18.2 Å². The molecule has 0 aliphatic rings. The fourth-order valence-corrected chi connectivity index (χ4v) is 1.92. The van der Waals surface area contributed by atoms with Crippen LogP contribution in [0, 0.1) is 24.0 Å². The van der Waals surface area contributed by atoms with Gasteiger partial charge in [-0.2, -0.15) is 0 Å². The molecule has 1 N–H and O–H groups in total. The first kappa shape index (κ1) is 15.4. The monoisotopic (exact) mass is 296 g/mol. The van der Waals surface area contributed by atoms with Crippen LogP contribution in [-0.2, 0) is 4.79 Å². The number of nitro benzene ring substituents is 1. The van der Waals surface area contributed by atoms with Crippen LogP contribution in [0.3, 0.4) is 0 Å². The zero-order valence-electron chi connectivity index (χ0n) is 12.4. The molecule has 0 unspecified atom stereocenters. The topological polar surface area (TPSA) is 72.2 Å². The zero-order valence-corrected chi connectivity index (χ0v) is 12.4. The third-order valence-corrected chi connectivity index (χ3v) is 3.28. The number of benzene rings is 2. The predicted molar refractivity (Wildman–Crippen MR) is 86.7 cm³/mol. The van der Waals surface area contributed by atoms with Crippen molar-refractivity contribution in [1.82, 2.24) is 0 Å². The summed E-state index contributed by atoms with van der Waals surface area (Å²) in [6.45, 7) is 3.98. The van der Waals surface area contributed by atoms with Gasteiger partial charge >= 0.3 is 0 Å². The Morgan fingerprint density at radius 2 is 1.91 bits per heavy atom. The third-order valence-electron chi connectivity index (χ3n) is 3.28. The molecule has 2 aromatic rings. The van der Waals surface area contributed by atoms with Gasteiger partial charge in [0.15, 0.2) is 0 Å². The van der Waals surface area contributed by atoms with E-state index in [4.69, 9.17) is 0 Å². The summed E-state index contributed by atoms with van der Waals surface area (Å²) >= 11 is 0. The van der Waals surface area contributed by atoms with Crippen LogP contribution in [0.15, 0.2) is 48.5 Å². The largest absolute Gasteiger partial charge is 0.323 e. The zero-order chi connectivity index (χ0) is 16.1. The quantitative estimate of drug-likeness (QED) is 0.529. The second-order valence-corrected chi connectivity index (χ2v) is 4.97. The van der Waals surface area contributed by atoms with Crippen LogP contribution in [0.4, 0.5) is 11.4 Å². The molecule has 5 heteroatoms. The Bertz CT molecular complexity index is 751.